The van der Waals surface area contributed by atoms with E-state index in [9.17, 15) is 9.59 Å². The van der Waals surface area contributed by atoms with Crippen LogP contribution in [0.1, 0.15) is 23.2 Å². The van der Waals surface area contributed by atoms with E-state index in [1.165, 1.54) is 0 Å². The fourth-order valence-corrected chi connectivity index (χ4v) is 2.87. The topological polar surface area (TPSA) is 61.4 Å². The molecule has 2 aromatic rings. The largest absolute Gasteiger partial charge is 0.325 e. The first-order valence-corrected chi connectivity index (χ1v) is 8.64. The molecule has 0 aliphatic carbocycles. The molecule has 24 heavy (non-hydrogen) atoms. The molecule has 124 valence electrons. The number of carbonyl (C=O) groups excluding carboxylic acids is 2. The fourth-order valence-electron chi connectivity index (χ4n) is 2.60. The molecule has 1 saturated heterocycles. The van der Waals surface area contributed by atoms with E-state index in [0.29, 0.717) is 16.9 Å². The van der Waals surface area contributed by atoms with Crippen molar-refractivity contribution < 1.29 is 9.59 Å². The maximum absolute atomic E-state index is 12.2. The van der Waals surface area contributed by atoms with E-state index in [1.807, 2.05) is 18.2 Å². The number of carbonyl (C=O) groups is 2. The Bertz CT molecular complexity index is 740. The summed E-state index contributed by atoms with van der Waals surface area (Å²) in [6.45, 7) is 1.59. The number of hydrogen-bond donors (Lipinski definition) is 2. The van der Waals surface area contributed by atoms with Crippen molar-refractivity contribution in [3.63, 3.8) is 0 Å². The van der Waals surface area contributed by atoms with Gasteiger partial charge >= 0.3 is 6.03 Å². The highest BCUT2D eigenvalue weighted by atomic mass is 79.9. The molecule has 2 N–H and O–H groups in total. The maximum atomic E-state index is 12.2. The van der Waals surface area contributed by atoms with Gasteiger partial charge in [-0.2, -0.15) is 0 Å². The minimum absolute atomic E-state index is 0.0936. The minimum Gasteiger partial charge on any atom is -0.325 e. The van der Waals surface area contributed by atoms with Crippen LogP contribution in [0.15, 0.2) is 53.0 Å². The molecule has 0 radical (unpaired) electrons. The molecule has 1 aliphatic heterocycles. The predicted molar refractivity (Wildman–Crippen MR) is 98.4 cm³/mol. The first-order chi connectivity index (χ1) is 11.6. The molecule has 3 amide bonds. The Labute approximate surface area is 149 Å². The fraction of sp³-hybridized carbons (Fsp3) is 0.222. The van der Waals surface area contributed by atoms with E-state index < -0.39 is 0 Å². The first-order valence-electron chi connectivity index (χ1n) is 7.85. The highest BCUT2D eigenvalue weighted by Gasteiger charge is 2.17. The highest BCUT2D eigenvalue weighted by molar-refractivity contribution is 9.10. The van der Waals surface area contributed by atoms with Gasteiger partial charge in [0.1, 0.15) is 0 Å². The lowest BCUT2D eigenvalue weighted by molar-refractivity contribution is 0.102. The molecule has 0 spiro atoms. The first kappa shape index (κ1) is 16.5. The van der Waals surface area contributed by atoms with Crippen LogP contribution in [0.3, 0.4) is 0 Å². The molecule has 3 rings (SSSR count). The number of nitrogens with zero attached hydrogens (tertiary/aromatic N) is 1. The second-order valence-corrected chi connectivity index (χ2v) is 6.58. The van der Waals surface area contributed by atoms with Crippen LogP contribution in [0.25, 0.3) is 0 Å². The van der Waals surface area contributed by atoms with Crippen molar-refractivity contribution >= 4 is 39.2 Å². The zero-order valence-electron chi connectivity index (χ0n) is 13.1. The molecule has 1 heterocycles. The quantitative estimate of drug-likeness (QED) is 0.822. The summed E-state index contributed by atoms with van der Waals surface area (Å²) in [5.41, 5.74) is 1.88. The van der Waals surface area contributed by atoms with Crippen LogP contribution in [-0.4, -0.2) is 29.9 Å². The van der Waals surface area contributed by atoms with Crippen molar-refractivity contribution in [3.05, 3.63) is 58.6 Å². The molecule has 0 aromatic heterocycles. The second-order valence-electron chi connectivity index (χ2n) is 5.67. The van der Waals surface area contributed by atoms with Crippen molar-refractivity contribution in [3.8, 4) is 0 Å². The van der Waals surface area contributed by atoms with Gasteiger partial charge in [0.05, 0.1) is 0 Å². The Morgan fingerprint density at radius 3 is 2.21 bits per heavy atom. The Balaban J connectivity index is 1.65. The van der Waals surface area contributed by atoms with E-state index in [1.54, 1.807) is 35.2 Å². The second kappa shape index (κ2) is 7.49. The summed E-state index contributed by atoms with van der Waals surface area (Å²) in [7, 11) is 0. The summed E-state index contributed by atoms with van der Waals surface area (Å²) in [5.74, 6) is -0.189. The third-order valence-corrected chi connectivity index (χ3v) is 4.40. The van der Waals surface area contributed by atoms with Crippen molar-refractivity contribution in [2.24, 2.45) is 0 Å². The third kappa shape index (κ3) is 4.14. The van der Waals surface area contributed by atoms with Gasteiger partial charge in [-0.1, -0.05) is 22.0 Å². The normalized spacial score (nSPS) is 13.6. The number of nitrogens with one attached hydrogen (secondary N) is 2. The van der Waals surface area contributed by atoms with Crippen molar-refractivity contribution in [1.82, 2.24) is 4.90 Å². The van der Waals surface area contributed by atoms with E-state index >= 15 is 0 Å². The van der Waals surface area contributed by atoms with Gasteiger partial charge in [-0.25, -0.2) is 4.79 Å². The average Bonchev–Trinajstić information content (AvgIpc) is 3.10. The zero-order chi connectivity index (χ0) is 16.9. The van der Waals surface area contributed by atoms with E-state index in [4.69, 9.17) is 0 Å². The van der Waals surface area contributed by atoms with Crippen LogP contribution in [0.2, 0.25) is 0 Å². The van der Waals surface area contributed by atoms with Crippen LogP contribution in [0.4, 0.5) is 16.2 Å². The molecule has 1 aliphatic rings. The SMILES string of the molecule is O=C(Nc1cccc(NC(=O)N2CCCC2)c1)c1ccc(Br)cc1. The standard InChI is InChI=1S/C18H18BrN3O2/c19-14-8-6-13(7-9-14)17(23)20-15-4-3-5-16(12-15)21-18(24)22-10-1-2-11-22/h3-9,12H,1-2,10-11H2,(H,20,23)(H,21,24). The van der Waals surface area contributed by atoms with Gasteiger partial charge in [0.15, 0.2) is 0 Å². The van der Waals surface area contributed by atoms with E-state index in [-0.39, 0.29) is 11.9 Å². The van der Waals surface area contributed by atoms with Crippen LogP contribution in [0.5, 0.6) is 0 Å². The number of likely N-dealkylation sites (tertiary alicyclic amines) is 1. The van der Waals surface area contributed by atoms with Crippen LogP contribution in [-0.2, 0) is 0 Å². The van der Waals surface area contributed by atoms with Gasteiger partial charge in [0.2, 0.25) is 0 Å². The van der Waals surface area contributed by atoms with Gasteiger partial charge in [-0.3, -0.25) is 4.79 Å². The van der Waals surface area contributed by atoms with Crippen LogP contribution in [0, 0.1) is 0 Å². The summed E-state index contributed by atoms with van der Waals surface area (Å²) in [5, 5.41) is 5.72. The van der Waals surface area contributed by atoms with Crippen molar-refractivity contribution in [2.45, 2.75) is 12.8 Å². The lowest BCUT2D eigenvalue weighted by Gasteiger charge is -2.16. The highest BCUT2D eigenvalue weighted by Crippen LogP contribution is 2.18. The number of urea groups is 1. The van der Waals surface area contributed by atoms with Gasteiger partial charge in [-0.15, -0.1) is 0 Å². The number of benzene rings is 2. The van der Waals surface area contributed by atoms with Gasteiger partial charge in [0, 0.05) is 34.5 Å². The molecule has 0 bridgehead atoms. The summed E-state index contributed by atoms with van der Waals surface area (Å²) in [6, 6.07) is 14.2. The van der Waals surface area contributed by atoms with Crippen molar-refractivity contribution in [1.29, 1.82) is 0 Å². The number of anilines is 2. The Hall–Kier alpha value is -2.34. The van der Waals surface area contributed by atoms with Gasteiger partial charge in [0.25, 0.3) is 5.91 Å². The number of hydrogen-bond acceptors (Lipinski definition) is 2. The maximum Gasteiger partial charge on any atom is 0.321 e. The van der Waals surface area contributed by atoms with Crippen LogP contribution >= 0.6 is 15.9 Å². The third-order valence-electron chi connectivity index (χ3n) is 3.87. The summed E-state index contributed by atoms with van der Waals surface area (Å²) < 4.78 is 0.922. The summed E-state index contributed by atoms with van der Waals surface area (Å²) in [6.07, 6.45) is 2.10. The Kier molecular flexibility index (Phi) is 5.15. The lowest BCUT2D eigenvalue weighted by Crippen LogP contribution is -2.32. The molecule has 2 aromatic carbocycles. The molecule has 1 fully saturated rings. The molecule has 5 nitrogen and oxygen atoms in total. The molecule has 6 heteroatoms. The minimum atomic E-state index is -0.189. The monoisotopic (exact) mass is 387 g/mol. The number of halogens is 1. The van der Waals surface area contributed by atoms with Gasteiger partial charge in [-0.05, 0) is 55.3 Å². The summed E-state index contributed by atoms with van der Waals surface area (Å²) in [4.78, 5) is 26.2. The smallest absolute Gasteiger partial charge is 0.321 e. The Morgan fingerprint density at radius 1 is 0.917 bits per heavy atom. The average molecular weight is 388 g/mol. The molecular weight excluding hydrogens is 370 g/mol. The van der Waals surface area contributed by atoms with Crippen molar-refractivity contribution in [2.75, 3.05) is 23.7 Å². The number of amides is 3. The lowest BCUT2D eigenvalue weighted by atomic mass is 10.2. The zero-order valence-corrected chi connectivity index (χ0v) is 14.7. The van der Waals surface area contributed by atoms with Gasteiger partial charge < -0.3 is 15.5 Å². The molecule has 0 saturated carbocycles. The Morgan fingerprint density at radius 2 is 1.54 bits per heavy atom. The van der Waals surface area contributed by atoms with E-state index in [2.05, 4.69) is 26.6 Å². The van der Waals surface area contributed by atoms with Crippen LogP contribution < -0.4 is 10.6 Å². The predicted octanol–water partition coefficient (Wildman–Crippen LogP) is 4.33. The molecule has 0 unspecified atom stereocenters. The number of rotatable bonds is 3. The molecule has 0 atom stereocenters. The summed E-state index contributed by atoms with van der Waals surface area (Å²) >= 11 is 3.35. The van der Waals surface area contributed by atoms with E-state index in [0.717, 1.165) is 30.4 Å². The molecular formula is C18H18BrN3O2.